The molecule has 3 rings (SSSR count). The van der Waals surface area contributed by atoms with Gasteiger partial charge in [0.2, 0.25) is 5.69 Å². The smallest absolute Gasteiger partial charge is 0.209 e. The van der Waals surface area contributed by atoms with Crippen LogP contribution in [0.1, 0.15) is 31.4 Å². The van der Waals surface area contributed by atoms with E-state index < -0.39 is 0 Å². The third-order valence-electron chi connectivity index (χ3n) is 5.32. The second-order valence-electron chi connectivity index (χ2n) is 7.49. The zero-order valence-electron chi connectivity index (χ0n) is 16.3. The van der Waals surface area contributed by atoms with Crippen molar-refractivity contribution >= 4 is 34.8 Å². The van der Waals surface area contributed by atoms with Gasteiger partial charge in [-0.25, -0.2) is 0 Å². The summed E-state index contributed by atoms with van der Waals surface area (Å²) in [7, 11) is 4.12. The molecule has 0 fully saturated rings. The standard InChI is InChI=1S/C23H25ClN3/c1-23(2)20-16-18(24)9-12-21(20)27(4)22(23)13-8-17-6-10-19(11-7-17)26(3)15-5-14-25/h6-13,16H,5,15H2,1-4H3/q+1. The summed E-state index contributed by atoms with van der Waals surface area (Å²) in [4.78, 5) is 2.10. The van der Waals surface area contributed by atoms with Crippen LogP contribution in [0.5, 0.6) is 0 Å². The van der Waals surface area contributed by atoms with Crippen LogP contribution in [-0.2, 0) is 5.41 Å². The summed E-state index contributed by atoms with van der Waals surface area (Å²) < 4.78 is 2.24. The number of halogens is 1. The van der Waals surface area contributed by atoms with Crippen molar-refractivity contribution in [2.45, 2.75) is 25.7 Å². The Kier molecular flexibility index (Phi) is 5.39. The number of benzene rings is 2. The van der Waals surface area contributed by atoms with Crippen LogP contribution in [0, 0.1) is 11.3 Å². The maximum absolute atomic E-state index is 8.72. The fourth-order valence-corrected chi connectivity index (χ4v) is 3.84. The average Bonchev–Trinajstić information content (AvgIpc) is 2.84. The number of rotatable bonds is 5. The Morgan fingerprint density at radius 1 is 1.15 bits per heavy atom. The molecule has 0 unspecified atom stereocenters. The molecule has 2 aromatic carbocycles. The number of fused-ring (bicyclic) bond motifs is 1. The van der Waals surface area contributed by atoms with E-state index in [1.54, 1.807) is 0 Å². The zero-order chi connectivity index (χ0) is 19.6. The highest BCUT2D eigenvalue weighted by atomic mass is 35.5. The maximum Gasteiger partial charge on any atom is 0.209 e. The molecule has 0 N–H and O–H groups in total. The molecular weight excluding hydrogens is 354 g/mol. The third kappa shape index (κ3) is 3.77. The van der Waals surface area contributed by atoms with Gasteiger partial charge < -0.3 is 4.90 Å². The normalized spacial score (nSPS) is 15.1. The lowest BCUT2D eigenvalue weighted by Crippen LogP contribution is -2.26. The molecule has 0 saturated carbocycles. The van der Waals surface area contributed by atoms with Crippen molar-refractivity contribution in [3.63, 3.8) is 0 Å². The van der Waals surface area contributed by atoms with E-state index in [2.05, 4.69) is 85.0 Å². The predicted octanol–water partition coefficient (Wildman–Crippen LogP) is 5.41. The lowest BCUT2D eigenvalue weighted by molar-refractivity contribution is -0.401. The molecule has 0 spiro atoms. The van der Waals surface area contributed by atoms with Crippen LogP contribution in [0.2, 0.25) is 5.02 Å². The first-order valence-electron chi connectivity index (χ1n) is 9.12. The minimum atomic E-state index is -0.0943. The number of hydrogen-bond donors (Lipinski definition) is 0. The van der Waals surface area contributed by atoms with Gasteiger partial charge in [0.1, 0.15) is 7.05 Å². The van der Waals surface area contributed by atoms with Gasteiger partial charge in [-0.2, -0.15) is 9.84 Å². The molecule has 2 aromatic rings. The second-order valence-corrected chi connectivity index (χ2v) is 7.92. The van der Waals surface area contributed by atoms with Gasteiger partial charge in [0.05, 0.1) is 17.9 Å². The number of nitrogens with zero attached hydrogens (tertiary/aromatic N) is 3. The van der Waals surface area contributed by atoms with Gasteiger partial charge >= 0.3 is 0 Å². The van der Waals surface area contributed by atoms with E-state index in [1.165, 1.54) is 17.0 Å². The van der Waals surface area contributed by atoms with Crippen LogP contribution in [-0.4, -0.2) is 30.9 Å². The molecule has 1 aliphatic rings. The molecule has 138 valence electrons. The number of allylic oxidation sites excluding steroid dienone is 1. The zero-order valence-corrected chi connectivity index (χ0v) is 17.1. The molecule has 1 heterocycles. The van der Waals surface area contributed by atoms with Gasteiger partial charge in [-0.05, 0) is 49.8 Å². The number of anilines is 1. The Labute approximate surface area is 166 Å². The summed E-state index contributed by atoms with van der Waals surface area (Å²) in [5.41, 5.74) is 5.89. The molecular formula is C23H25ClN3+. The minimum absolute atomic E-state index is 0.0943. The quantitative estimate of drug-likeness (QED) is 0.651. The predicted molar refractivity (Wildman–Crippen MR) is 114 cm³/mol. The monoisotopic (exact) mass is 378 g/mol. The summed E-state index contributed by atoms with van der Waals surface area (Å²) >= 11 is 6.22. The molecule has 3 nitrogen and oxygen atoms in total. The highest BCUT2D eigenvalue weighted by Crippen LogP contribution is 2.40. The van der Waals surface area contributed by atoms with Gasteiger partial charge in [-0.15, -0.1) is 0 Å². The first-order chi connectivity index (χ1) is 12.8. The van der Waals surface area contributed by atoms with Crippen molar-refractivity contribution in [2.75, 3.05) is 25.5 Å². The molecule has 1 aliphatic heterocycles. The molecule has 0 aliphatic carbocycles. The van der Waals surface area contributed by atoms with Crippen LogP contribution in [0.25, 0.3) is 6.08 Å². The lowest BCUT2D eigenvalue weighted by Gasteiger charge is -2.17. The first kappa shape index (κ1) is 19.2. The topological polar surface area (TPSA) is 30.0 Å². The average molecular weight is 379 g/mol. The van der Waals surface area contributed by atoms with Crippen LogP contribution >= 0.6 is 11.6 Å². The Balaban J connectivity index is 1.82. The van der Waals surface area contributed by atoms with Crippen molar-refractivity contribution in [1.29, 1.82) is 5.26 Å². The van der Waals surface area contributed by atoms with Crippen LogP contribution in [0.3, 0.4) is 0 Å². The lowest BCUT2D eigenvalue weighted by atomic mass is 9.81. The minimum Gasteiger partial charge on any atom is -0.374 e. The third-order valence-corrected chi connectivity index (χ3v) is 5.56. The summed E-state index contributed by atoms with van der Waals surface area (Å²) in [6, 6.07) is 16.7. The fourth-order valence-electron chi connectivity index (χ4n) is 3.67. The Bertz CT molecular complexity index is 947. The van der Waals surface area contributed by atoms with E-state index in [4.69, 9.17) is 16.9 Å². The van der Waals surface area contributed by atoms with Crippen molar-refractivity contribution in [3.8, 4) is 6.07 Å². The van der Waals surface area contributed by atoms with E-state index in [9.17, 15) is 0 Å². The van der Waals surface area contributed by atoms with E-state index in [1.807, 2.05) is 13.1 Å². The van der Waals surface area contributed by atoms with Crippen molar-refractivity contribution in [3.05, 3.63) is 64.7 Å². The Morgan fingerprint density at radius 3 is 2.52 bits per heavy atom. The van der Waals surface area contributed by atoms with Gasteiger partial charge in [0.25, 0.3) is 0 Å². The van der Waals surface area contributed by atoms with Crippen molar-refractivity contribution in [2.24, 2.45) is 0 Å². The van der Waals surface area contributed by atoms with Crippen LogP contribution < -0.4 is 4.90 Å². The van der Waals surface area contributed by atoms with E-state index >= 15 is 0 Å². The molecule has 0 bridgehead atoms. The first-order valence-corrected chi connectivity index (χ1v) is 9.50. The number of hydrogen-bond acceptors (Lipinski definition) is 2. The highest BCUT2D eigenvalue weighted by molar-refractivity contribution is 6.30. The summed E-state index contributed by atoms with van der Waals surface area (Å²) in [6.45, 7) is 5.21. The highest BCUT2D eigenvalue weighted by Gasteiger charge is 2.42. The van der Waals surface area contributed by atoms with Crippen LogP contribution in [0.15, 0.2) is 48.5 Å². The SMILES string of the molecule is CN(CCC#N)c1ccc(C=CC2=[N+](C)c3ccc(Cl)cc3C2(C)C)cc1. The molecule has 27 heavy (non-hydrogen) atoms. The molecule has 4 heteroatoms. The number of nitriles is 1. The summed E-state index contributed by atoms with van der Waals surface area (Å²) in [6.07, 6.45) is 4.88. The van der Waals surface area contributed by atoms with Gasteiger partial charge in [-0.3, -0.25) is 0 Å². The van der Waals surface area contributed by atoms with Gasteiger partial charge in [-0.1, -0.05) is 23.7 Å². The van der Waals surface area contributed by atoms with E-state index in [0.29, 0.717) is 6.42 Å². The molecule has 0 radical (unpaired) electrons. The Morgan fingerprint density at radius 2 is 1.85 bits per heavy atom. The van der Waals surface area contributed by atoms with Gasteiger partial charge in [0.15, 0.2) is 5.71 Å². The van der Waals surface area contributed by atoms with E-state index in [0.717, 1.165) is 22.8 Å². The van der Waals surface area contributed by atoms with Crippen molar-refractivity contribution < 1.29 is 4.58 Å². The van der Waals surface area contributed by atoms with Crippen LogP contribution in [0.4, 0.5) is 11.4 Å². The van der Waals surface area contributed by atoms with Crippen molar-refractivity contribution in [1.82, 2.24) is 0 Å². The molecule has 0 atom stereocenters. The molecule has 0 aromatic heterocycles. The van der Waals surface area contributed by atoms with Gasteiger partial charge in [0, 0.05) is 42.0 Å². The molecule has 0 saturated heterocycles. The second kappa shape index (κ2) is 7.58. The summed E-state index contributed by atoms with van der Waals surface area (Å²) in [5, 5.41) is 9.50. The molecule has 0 amide bonds. The summed E-state index contributed by atoms with van der Waals surface area (Å²) in [5.74, 6) is 0. The Hall–Kier alpha value is -2.57. The maximum atomic E-state index is 8.72. The van der Waals surface area contributed by atoms with E-state index in [-0.39, 0.29) is 5.41 Å². The largest absolute Gasteiger partial charge is 0.374 e. The fraction of sp³-hybridized carbons (Fsp3) is 0.304.